The molecule has 0 spiro atoms. The van der Waals surface area contributed by atoms with Crippen LogP contribution in [0.2, 0.25) is 5.28 Å². The Morgan fingerprint density at radius 3 is 1.65 bits per heavy atom. The van der Waals surface area contributed by atoms with Crippen LogP contribution in [0, 0.1) is 0 Å². The minimum Gasteiger partial charge on any atom is -0.505 e. The number of nitrogens with zero attached hydrogens (tertiary/aromatic N) is 7. The first kappa shape index (κ1) is 61.5. The van der Waals surface area contributed by atoms with Crippen molar-refractivity contribution in [3.05, 3.63) is 72.0 Å². The number of rotatable bonds is 18. The summed E-state index contributed by atoms with van der Waals surface area (Å²) in [5, 5.41) is 35.5. The second kappa shape index (κ2) is 20.9. The molecule has 2 heterocycles. The average molecular weight is 1340 g/mol. The standard InChI is InChI=1S/C37H27ClN10O27S8/c38-35-42-36(44-37(43-35)41-21-10-17(13-27(33(21)49)82(68,69)70)76(51,52)4-3-74-83(71,72)73)40-20-11-18(77(53,54)55)5-14-8-26(81(65,66)67)31(34(50)28(14)20)46-45-16-1-2-22(24(9-16)79(59,60)61)48-47-32-29-15(7-25(30(32)39)80(62,63)64)6-19(78(56,57)58)12-23(29)75-48/h1-2,5-13H,3-4H2,(H12,39,40,41,42,43,44,45,46,47,49,50,53,54,55,56,57,58,59,60,61,62,63,64,65,66,67,68,69,70,71,72,73)/p+1. The summed E-state index contributed by atoms with van der Waals surface area (Å²) in [4.78, 5) is 8.93. The number of anilines is 5. The SMILES string of the molecule is Nc1c(S(=O)(=O)O)cc2cc(S(=O)(=O)O)cc3c2c1N=[N+](c1ccc(N=Nc2c(S(=O)(=O)O)cc4cc(S(=O)(=O)O)cc(Nc5nc(Cl)nc(Nc6cc(S(=O)(=O)CCOS(=O)(=O)O)cc(S(=O)(=O)O)c6O)n5)c4c2O)cc1S(=O)(=O)O)O3. The zero-order valence-corrected chi connectivity index (χ0v) is 46.8. The molecule has 0 radical (unpaired) electrons. The quantitative estimate of drug-likeness (QED) is 0.0192. The van der Waals surface area contributed by atoms with Gasteiger partial charge < -0.3 is 26.6 Å². The molecule has 7 aromatic rings. The third-order valence-electron chi connectivity index (χ3n) is 10.9. The number of halogens is 1. The summed E-state index contributed by atoms with van der Waals surface area (Å²) in [6.45, 7) is -1.23. The summed E-state index contributed by atoms with van der Waals surface area (Å²) in [5.74, 6) is -6.38. The van der Waals surface area contributed by atoms with Gasteiger partial charge in [0.1, 0.15) is 25.2 Å². The molecule has 1 aliphatic rings. The van der Waals surface area contributed by atoms with Crippen LogP contribution < -0.4 is 21.2 Å². The van der Waals surface area contributed by atoms with Crippen molar-refractivity contribution in [3.63, 3.8) is 0 Å². The molecule has 0 amide bonds. The summed E-state index contributed by atoms with van der Waals surface area (Å²) in [5.41, 5.74) is 0.119. The minimum absolute atomic E-state index is 0.240. The third-order valence-corrected chi connectivity index (χ3v) is 18.3. The Morgan fingerprint density at radius 1 is 0.566 bits per heavy atom. The lowest BCUT2D eigenvalue weighted by molar-refractivity contribution is -0.733. The molecule has 37 nitrogen and oxygen atoms in total. The van der Waals surface area contributed by atoms with Crippen molar-refractivity contribution < 1.29 is 123 Å². The number of sulfone groups is 1. The van der Waals surface area contributed by atoms with Crippen molar-refractivity contribution in [2.75, 3.05) is 28.7 Å². The molecule has 13 N–H and O–H groups in total. The highest BCUT2D eigenvalue weighted by Gasteiger charge is 2.37. The molecular weight excluding hydrogens is 1310 g/mol. The van der Waals surface area contributed by atoms with Crippen LogP contribution in [0.1, 0.15) is 0 Å². The van der Waals surface area contributed by atoms with E-state index in [4.69, 9.17) is 26.7 Å². The predicted octanol–water partition coefficient (Wildman–Crippen LogP) is 3.54. The fraction of sp³-hybridized carbons (Fsp3) is 0.0541. The van der Waals surface area contributed by atoms with Crippen LogP contribution in [-0.4, -0.2) is 142 Å². The molecular formula is C37H28ClN10O27S8+. The first-order valence-electron chi connectivity index (χ1n) is 20.9. The van der Waals surface area contributed by atoms with E-state index in [-0.39, 0.29) is 21.7 Å². The number of aromatic hydroxyl groups is 2. The van der Waals surface area contributed by atoms with E-state index in [2.05, 4.69) is 45.1 Å². The van der Waals surface area contributed by atoms with Gasteiger partial charge in [0.25, 0.3) is 50.6 Å². The fourth-order valence-electron chi connectivity index (χ4n) is 7.46. The Kier molecular flexibility index (Phi) is 15.5. The molecule has 8 rings (SSSR count). The molecule has 0 aliphatic carbocycles. The molecule has 83 heavy (non-hydrogen) atoms. The van der Waals surface area contributed by atoms with Gasteiger partial charge in [0.05, 0.1) is 60.3 Å². The maximum absolute atomic E-state index is 13.1. The largest absolute Gasteiger partial charge is 0.505 e. The maximum Gasteiger partial charge on any atom is 0.397 e. The summed E-state index contributed by atoms with van der Waals surface area (Å²) in [6.07, 6.45) is 0. The number of nitrogens with two attached hydrogens (primary N) is 1. The first-order chi connectivity index (χ1) is 37.9. The average Bonchev–Trinajstić information content (AvgIpc) is 1.35. The zero-order valence-electron chi connectivity index (χ0n) is 39.5. The number of benzene rings is 6. The monoisotopic (exact) mass is 1330 g/mol. The van der Waals surface area contributed by atoms with Gasteiger partial charge in [0.2, 0.25) is 22.9 Å². The highest BCUT2D eigenvalue weighted by molar-refractivity contribution is 7.91. The van der Waals surface area contributed by atoms with E-state index in [1.165, 1.54) is 0 Å². The van der Waals surface area contributed by atoms with Crippen molar-refractivity contribution in [1.29, 1.82) is 0 Å². The Hall–Kier alpha value is -7.58. The number of aromatic nitrogens is 3. The highest BCUT2D eigenvalue weighted by Crippen LogP contribution is 2.49. The van der Waals surface area contributed by atoms with Crippen LogP contribution in [0.25, 0.3) is 21.5 Å². The lowest BCUT2D eigenvalue weighted by Crippen LogP contribution is -2.16. The molecule has 0 atom stereocenters. The van der Waals surface area contributed by atoms with E-state index in [1.54, 1.807) is 0 Å². The van der Waals surface area contributed by atoms with Gasteiger partial charge in [0, 0.05) is 17.5 Å². The number of hydrogen-bond acceptors (Lipinski definition) is 29. The van der Waals surface area contributed by atoms with Crippen LogP contribution in [0.3, 0.4) is 0 Å². The number of phenols is 2. The minimum atomic E-state index is -5.62. The predicted molar refractivity (Wildman–Crippen MR) is 275 cm³/mol. The highest BCUT2D eigenvalue weighted by atomic mass is 35.5. The van der Waals surface area contributed by atoms with Gasteiger partial charge in [-0.1, -0.05) is 0 Å². The molecule has 0 saturated carbocycles. The normalized spacial score (nSPS) is 13.8. The van der Waals surface area contributed by atoms with Crippen LogP contribution in [0.15, 0.2) is 116 Å². The number of nitrogen functional groups attached to an aromatic ring is 1. The van der Waals surface area contributed by atoms with Crippen molar-refractivity contribution >= 4 is 166 Å². The van der Waals surface area contributed by atoms with E-state index in [1.807, 2.05) is 0 Å². The Labute approximate surface area is 468 Å². The summed E-state index contributed by atoms with van der Waals surface area (Å²) < 4.78 is 271. The second-order valence-corrected chi connectivity index (χ2v) is 28.3. The molecule has 6 aromatic carbocycles. The van der Waals surface area contributed by atoms with Crippen molar-refractivity contribution in [1.82, 2.24) is 15.0 Å². The van der Waals surface area contributed by atoms with Gasteiger partial charge in [-0.15, -0.1) is 5.11 Å². The van der Waals surface area contributed by atoms with Gasteiger partial charge >= 0.3 is 26.2 Å². The van der Waals surface area contributed by atoms with E-state index in [9.17, 15) is 105 Å². The Balaban J connectivity index is 1.24. The van der Waals surface area contributed by atoms with E-state index in [0.717, 1.165) is 18.2 Å². The third kappa shape index (κ3) is 13.1. The van der Waals surface area contributed by atoms with Crippen molar-refractivity contribution in [2.45, 2.75) is 34.3 Å². The Morgan fingerprint density at radius 2 is 1.10 bits per heavy atom. The molecule has 0 fully saturated rings. The summed E-state index contributed by atoms with van der Waals surface area (Å²) >= 11 is 6.09. The number of hydrogen-bond donors (Lipinski definition) is 12. The van der Waals surface area contributed by atoms with Gasteiger partial charge in [0.15, 0.2) is 31.9 Å². The van der Waals surface area contributed by atoms with E-state index < -0.39 is 213 Å². The lowest BCUT2D eigenvalue weighted by atomic mass is 10.1. The summed E-state index contributed by atoms with van der Waals surface area (Å²) in [7, 11) is -42.4. The molecule has 0 saturated heterocycles. The van der Waals surface area contributed by atoms with Gasteiger partial charge in [-0.25, -0.2) is 17.4 Å². The zero-order chi connectivity index (χ0) is 61.7. The van der Waals surface area contributed by atoms with E-state index in [0.29, 0.717) is 42.5 Å². The Bertz CT molecular complexity index is 5080. The lowest BCUT2D eigenvalue weighted by Gasteiger charge is -2.16. The number of azo groups is 2. The maximum atomic E-state index is 13.1. The van der Waals surface area contributed by atoms with Crippen molar-refractivity contribution in [3.8, 4) is 17.2 Å². The molecule has 46 heteroatoms. The van der Waals surface area contributed by atoms with Crippen LogP contribution in [-0.2, 0) is 85.1 Å². The molecule has 0 unspecified atom stereocenters. The molecule has 1 aromatic heterocycles. The van der Waals surface area contributed by atoms with Gasteiger partial charge in [-0.2, -0.15) is 79.0 Å². The first-order valence-corrected chi connectivity index (χ1v) is 33.0. The molecule has 442 valence electrons. The van der Waals surface area contributed by atoms with E-state index >= 15 is 0 Å². The number of nitrogens with one attached hydrogen (secondary N) is 2. The second-order valence-electron chi connectivity index (χ2n) is 16.4. The molecule has 1 aliphatic heterocycles. The van der Waals surface area contributed by atoms with Gasteiger partial charge in [-0.05, 0) is 77.0 Å². The van der Waals surface area contributed by atoms with Crippen LogP contribution in [0.5, 0.6) is 17.2 Å². The summed E-state index contributed by atoms with van der Waals surface area (Å²) in [6, 6.07) is 6.48. The topological polar surface area (TPSA) is 602 Å². The van der Waals surface area contributed by atoms with Crippen molar-refractivity contribution in [2.24, 2.45) is 15.3 Å². The van der Waals surface area contributed by atoms with Crippen LogP contribution in [0.4, 0.5) is 51.7 Å². The fourth-order valence-corrected chi connectivity index (χ4v) is 12.9. The van der Waals surface area contributed by atoms with Crippen LogP contribution >= 0.6 is 11.6 Å². The van der Waals surface area contributed by atoms with Gasteiger partial charge in [-0.3, -0.25) is 31.9 Å². The number of phenolic OH excluding ortho intramolecular Hbond substituents is 2. The smallest absolute Gasteiger partial charge is 0.397 e. The number of fused-ring (bicyclic) bond motifs is 1. The molecule has 0 bridgehead atoms.